The fourth-order valence-corrected chi connectivity index (χ4v) is 4.22. The molecule has 0 spiro atoms. The lowest BCUT2D eigenvalue weighted by atomic mass is 9.86. The van der Waals surface area contributed by atoms with Crippen molar-refractivity contribution in [3.63, 3.8) is 0 Å². The summed E-state index contributed by atoms with van der Waals surface area (Å²) >= 11 is 0. The number of ether oxygens (including phenoxy) is 1. The lowest BCUT2D eigenvalue weighted by molar-refractivity contribution is -0.122. The lowest BCUT2D eigenvalue weighted by Crippen LogP contribution is -2.40. The molecule has 4 nitrogen and oxygen atoms in total. The number of carbonyl (C=O) groups excluding carboxylic acids is 1. The van der Waals surface area contributed by atoms with E-state index in [2.05, 4.69) is 10.3 Å². The van der Waals surface area contributed by atoms with E-state index in [4.69, 9.17) is 4.74 Å². The average molecular weight is 394 g/mol. The molecule has 1 aliphatic rings. The van der Waals surface area contributed by atoms with Crippen LogP contribution in [0.4, 0.5) is 4.39 Å². The number of aryl methyl sites for hydroxylation is 1. The number of aromatic amines is 1. The number of benzene rings is 2. The summed E-state index contributed by atoms with van der Waals surface area (Å²) in [5.41, 5.74) is 3.13. The molecule has 0 bridgehead atoms. The van der Waals surface area contributed by atoms with Gasteiger partial charge >= 0.3 is 0 Å². The van der Waals surface area contributed by atoms with E-state index < -0.39 is 0 Å². The molecule has 3 aromatic rings. The number of hydrogen-bond acceptors (Lipinski definition) is 2. The van der Waals surface area contributed by atoms with Gasteiger partial charge < -0.3 is 15.0 Å². The maximum atomic E-state index is 14.8. The maximum Gasteiger partial charge on any atom is 0.221 e. The first-order valence-electron chi connectivity index (χ1n) is 10.2. The molecule has 0 aliphatic carbocycles. The molecule has 1 aliphatic heterocycles. The predicted molar refractivity (Wildman–Crippen MR) is 112 cm³/mol. The summed E-state index contributed by atoms with van der Waals surface area (Å²) in [6, 6.07) is 13.0. The minimum Gasteiger partial charge on any atom is -0.373 e. The number of nitrogens with one attached hydrogen (secondary N) is 2. The Bertz CT molecular complexity index is 1020. The first-order valence-corrected chi connectivity index (χ1v) is 10.2. The summed E-state index contributed by atoms with van der Waals surface area (Å²) in [7, 11) is 0. The van der Waals surface area contributed by atoms with Gasteiger partial charge in [-0.1, -0.05) is 35.9 Å². The molecule has 1 amide bonds. The second kappa shape index (κ2) is 7.99. The highest BCUT2D eigenvalue weighted by Gasteiger charge is 2.31. The van der Waals surface area contributed by atoms with Crippen molar-refractivity contribution in [2.45, 2.75) is 44.6 Å². The van der Waals surface area contributed by atoms with E-state index in [1.54, 1.807) is 6.07 Å². The summed E-state index contributed by atoms with van der Waals surface area (Å²) in [5.74, 6) is -0.758. The third-order valence-electron chi connectivity index (χ3n) is 5.87. The Morgan fingerprint density at radius 1 is 1.28 bits per heavy atom. The van der Waals surface area contributed by atoms with Gasteiger partial charge in [0, 0.05) is 42.6 Å². The number of hydrogen-bond donors (Lipinski definition) is 2. The monoisotopic (exact) mass is 394 g/mol. The molecule has 2 aromatic carbocycles. The Balaban J connectivity index is 1.63. The fraction of sp³-hybridized carbons (Fsp3) is 0.375. The molecule has 4 rings (SSSR count). The zero-order valence-corrected chi connectivity index (χ0v) is 16.9. The van der Waals surface area contributed by atoms with Crippen LogP contribution in [0.2, 0.25) is 0 Å². The van der Waals surface area contributed by atoms with Crippen LogP contribution in [0.3, 0.4) is 0 Å². The van der Waals surface area contributed by atoms with Crippen molar-refractivity contribution in [2.24, 2.45) is 0 Å². The molecule has 1 fully saturated rings. The number of para-hydroxylation sites is 1. The van der Waals surface area contributed by atoms with Gasteiger partial charge in [0.05, 0.1) is 5.60 Å². The van der Waals surface area contributed by atoms with Crippen LogP contribution in [0.1, 0.15) is 48.8 Å². The summed E-state index contributed by atoms with van der Waals surface area (Å²) in [6.45, 7) is 5.17. The second-order valence-corrected chi connectivity index (χ2v) is 8.25. The van der Waals surface area contributed by atoms with Gasteiger partial charge in [0.1, 0.15) is 5.82 Å². The highest BCUT2D eigenvalue weighted by Crippen LogP contribution is 2.35. The minimum atomic E-state index is -0.372. The standard InChI is InChI=1S/C24H27FN2O2/c1-16-8-9-21(25)19(12-16)18(20-14-26-22-7-4-3-6-17(20)22)13-23(28)27-15-24(2)10-5-11-29-24/h3-4,6-9,12,14,18,26H,5,10-11,13,15H2,1-2H3,(H,27,28)/t18-,24-/m1/s1. The topological polar surface area (TPSA) is 54.1 Å². The van der Waals surface area contributed by atoms with Crippen LogP contribution in [0.25, 0.3) is 10.9 Å². The molecule has 2 N–H and O–H groups in total. The van der Waals surface area contributed by atoms with E-state index in [-0.39, 0.29) is 29.7 Å². The van der Waals surface area contributed by atoms with Crippen molar-refractivity contribution in [2.75, 3.05) is 13.2 Å². The number of aromatic nitrogens is 1. The number of amides is 1. The van der Waals surface area contributed by atoms with Crippen molar-refractivity contribution >= 4 is 16.8 Å². The third kappa shape index (κ3) is 4.20. The Kier molecular flexibility index (Phi) is 5.41. The quantitative estimate of drug-likeness (QED) is 0.630. The van der Waals surface area contributed by atoms with E-state index >= 15 is 0 Å². The van der Waals surface area contributed by atoms with Crippen molar-refractivity contribution in [3.8, 4) is 0 Å². The van der Waals surface area contributed by atoms with Gasteiger partial charge in [0.25, 0.3) is 0 Å². The van der Waals surface area contributed by atoms with Crippen molar-refractivity contribution in [3.05, 3.63) is 71.2 Å². The number of H-pyrrole nitrogens is 1. The summed E-state index contributed by atoms with van der Waals surface area (Å²) < 4.78 is 20.6. The molecule has 0 saturated carbocycles. The number of rotatable bonds is 6. The van der Waals surface area contributed by atoms with Crippen molar-refractivity contribution < 1.29 is 13.9 Å². The molecule has 1 aromatic heterocycles. The van der Waals surface area contributed by atoms with Crippen LogP contribution in [0, 0.1) is 12.7 Å². The predicted octanol–water partition coefficient (Wildman–Crippen LogP) is 4.82. The van der Waals surface area contributed by atoms with Crippen LogP contribution < -0.4 is 5.32 Å². The van der Waals surface area contributed by atoms with Crippen LogP contribution in [0.15, 0.2) is 48.7 Å². The average Bonchev–Trinajstić information content (AvgIpc) is 3.34. The molecule has 0 radical (unpaired) electrons. The van der Waals surface area contributed by atoms with Gasteiger partial charge in [-0.2, -0.15) is 0 Å². The Morgan fingerprint density at radius 3 is 2.90 bits per heavy atom. The summed E-state index contributed by atoms with van der Waals surface area (Å²) in [4.78, 5) is 16.1. The maximum absolute atomic E-state index is 14.8. The van der Waals surface area contributed by atoms with E-state index in [1.807, 2.05) is 50.4 Å². The molecule has 1 saturated heterocycles. The zero-order valence-electron chi connectivity index (χ0n) is 16.9. The Hall–Kier alpha value is -2.66. The molecule has 2 heterocycles. The normalized spacial score (nSPS) is 20.1. The van der Waals surface area contributed by atoms with Gasteiger partial charge in [0.2, 0.25) is 5.91 Å². The Morgan fingerprint density at radius 2 is 2.10 bits per heavy atom. The van der Waals surface area contributed by atoms with Crippen LogP contribution >= 0.6 is 0 Å². The smallest absolute Gasteiger partial charge is 0.221 e. The highest BCUT2D eigenvalue weighted by atomic mass is 19.1. The minimum absolute atomic E-state index is 0.0992. The van der Waals surface area contributed by atoms with Crippen molar-refractivity contribution in [1.29, 1.82) is 0 Å². The molecular weight excluding hydrogens is 367 g/mol. The van der Waals surface area contributed by atoms with E-state index in [1.165, 1.54) is 6.07 Å². The SMILES string of the molecule is Cc1ccc(F)c([C@@H](CC(=O)NC[C@@]2(C)CCCO2)c2c[nH]c3ccccc23)c1. The molecular formula is C24H27FN2O2. The number of halogens is 1. The van der Waals surface area contributed by atoms with Gasteiger partial charge in [-0.15, -0.1) is 0 Å². The molecule has 0 unspecified atom stereocenters. The van der Waals surface area contributed by atoms with Crippen LogP contribution in [0.5, 0.6) is 0 Å². The van der Waals surface area contributed by atoms with Crippen molar-refractivity contribution in [1.82, 2.24) is 10.3 Å². The molecule has 152 valence electrons. The third-order valence-corrected chi connectivity index (χ3v) is 5.87. The van der Waals surface area contributed by atoms with Gasteiger partial charge in [-0.05, 0) is 49.9 Å². The summed E-state index contributed by atoms with van der Waals surface area (Å²) in [6.07, 6.45) is 4.02. The van der Waals surface area contributed by atoms with Crippen LogP contribution in [-0.4, -0.2) is 29.6 Å². The van der Waals surface area contributed by atoms with Crippen LogP contribution in [-0.2, 0) is 9.53 Å². The van der Waals surface area contributed by atoms with Gasteiger partial charge in [0.15, 0.2) is 0 Å². The van der Waals surface area contributed by atoms with Gasteiger partial charge in [-0.25, -0.2) is 4.39 Å². The van der Waals surface area contributed by atoms with E-state index in [0.717, 1.165) is 41.5 Å². The number of carbonyl (C=O) groups is 1. The second-order valence-electron chi connectivity index (χ2n) is 8.25. The Labute approximate surface area is 170 Å². The zero-order chi connectivity index (χ0) is 20.4. The largest absolute Gasteiger partial charge is 0.373 e. The number of fused-ring (bicyclic) bond motifs is 1. The van der Waals surface area contributed by atoms with E-state index in [0.29, 0.717) is 12.1 Å². The fourth-order valence-electron chi connectivity index (χ4n) is 4.22. The molecule has 5 heteroatoms. The lowest BCUT2D eigenvalue weighted by Gasteiger charge is -2.24. The molecule has 29 heavy (non-hydrogen) atoms. The van der Waals surface area contributed by atoms with E-state index in [9.17, 15) is 9.18 Å². The van der Waals surface area contributed by atoms with Gasteiger partial charge in [-0.3, -0.25) is 4.79 Å². The molecule has 2 atom stereocenters. The highest BCUT2D eigenvalue weighted by molar-refractivity contribution is 5.86. The first-order chi connectivity index (χ1) is 14.0. The summed E-state index contributed by atoms with van der Waals surface area (Å²) in [5, 5.41) is 4.02. The first kappa shape index (κ1) is 19.6.